The van der Waals surface area contributed by atoms with Crippen LogP contribution < -0.4 is 5.73 Å². The number of amides is 1. The highest BCUT2D eigenvalue weighted by Crippen LogP contribution is 2.41. The van der Waals surface area contributed by atoms with Gasteiger partial charge in [0.15, 0.2) is 0 Å². The number of likely N-dealkylation sites (N-methyl/N-ethyl adjacent to an activating group) is 1. The molecule has 1 fully saturated rings. The molecule has 0 aromatic rings. The van der Waals surface area contributed by atoms with Gasteiger partial charge in [0.05, 0.1) is 5.41 Å². The maximum absolute atomic E-state index is 12.2. The summed E-state index contributed by atoms with van der Waals surface area (Å²) in [4.78, 5) is 24.5. The quantitative estimate of drug-likeness (QED) is 0.715. The molecule has 0 saturated heterocycles. The van der Waals surface area contributed by atoms with Crippen molar-refractivity contribution in [2.24, 2.45) is 11.1 Å². The van der Waals surface area contributed by atoms with Crippen molar-refractivity contribution in [1.82, 2.24) is 4.90 Å². The number of aliphatic carboxylic acids is 1. The van der Waals surface area contributed by atoms with Crippen molar-refractivity contribution in [3.05, 3.63) is 0 Å². The molecule has 1 unspecified atom stereocenters. The second kappa shape index (κ2) is 4.82. The minimum absolute atomic E-state index is 0.115. The lowest BCUT2D eigenvalue weighted by Gasteiger charge is -2.42. The number of carbonyl (C=O) groups is 2. The number of rotatable bonds is 5. The Hall–Kier alpha value is -1.10. The van der Waals surface area contributed by atoms with Crippen molar-refractivity contribution in [2.75, 3.05) is 13.6 Å². The zero-order valence-corrected chi connectivity index (χ0v) is 9.90. The molecule has 0 bridgehead atoms. The third-order valence-corrected chi connectivity index (χ3v) is 3.61. The van der Waals surface area contributed by atoms with Crippen LogP contribution in [-0.2, 0) is 9.59 Å². The summed E-state index contributed by atoms with van der Waals surface area (Å²) in [6.45, 7) is 2.07. The van der Waals surface area contributed by atoms with Gasteiger partial charge in [-0.2, -0.15) is 0 Å². The number of nitrogens with two attached hydrogens (primary N) is 1. The summed E-state index contributed by atoms with van der Waals surface area (Å²) in [5, 5.41) is 9.00. The lowest BCUT2D eigenvalue weighted by molar-refractivity contribution is -0.156. The summed E-state index contributed by atoms with van der Waals surface area (Å²) in [5.74, 6) is -1.07. The topological polar surface area (TPSA) is 83.6 Å². The zero-order chi connectivity index (χ0) is 12.3. The average Bonchev–Trinajstić information content (AvgIpc) is 2.17. The van der Waals surface area contributed by atoms with E-state index in [1.807, 2.05) is 0 Å². The highest BCUT2D eigenvalue weighted by molar-refractivity contribution is 5.88. The monoisotopic (exact) mass is 228 g/mol. The van der Waals surface area contributed by atoms with Crippen molar-refractivity contribution in [3.8, 4) is 0 Å². The predicted octanol–water partition coefficient (Wildman–Crippen LogP) is 0.437. The number of nitrogens with zero attached hydrogens (tertiary/aromatic N) is 1. The molecule has 0 aliphatic heterocycles. The summed E-state index contributed by atoms with van der Waals surface area (Å²) >= 11 is 0. The van der Waals surface area contributed by atoms with E-state index >= 15 is 0 Å². The summed E-state index contributed by atoms with van der Waals surface area (Å²) in [7, 11) is 1.56. The van der Waals surface area contributed by atoms with Crippen molar-refractivity contribution in [2.45, 2.75) is 38.6 Å². The second-order valence-corrected chi connectivity index (χ2v) is 4.52. The Labute approximate surface area is 95.6 Å². The molecule has 92 valence electrons. The molecule has 1 saturated carbocycles. The molecule has 5 heteroatoms. The van der Waals surface area contributed by atoms with Crippen LogP contribution in [0.4, 0.5) is 0 Å². The molecule has 0 heterocycles. The molecular formula is C11H20N2O3. The van der Waals surface area contributed by atoms with Crippen LogP contribution in [0, 0.1) is 5.41 Å². The van der Waals surface area contributed by atoms with E-state index in [1.54, 1.807) is 14.0 Å². The minimum atomic E-state index is -0.954. The maximum Gasteiger partial charge on any atom is 0.326 e. The van der Waals surface area contributed by atoms with Crippen LogP contribution in [0.15, 0.2) is 0 Å². The first-order valence-corrected chi connectivity index (χ1v) is 5.68. The molecule has 0 radical (unpaired) electrons. The highest BCUT2D eigenvalue weighted by atomic mass is 16.4. The van der Waals surface area contributed by atoms with E-state index in [0.717, 1.165) is 19.3 Å². The lowest BCUT2D eigenvalue weighted by atomic mass is 9.67. The van der Waals surface area contributed by atoms with E-state index < -0.39 is 17.4 Å². The number of hydrogen-bond acceptors (Lipinski definition) is 3. The van der Waals surface area contributed by atoms with Gasteiger partial charge in [0.25, 0.3) is 0 Å². The maximum atomic E-state index is 12.2. The molecule has 1 rings (SSSR count). The number of carboxylic acid groups (broad SMARTS) is 1. The molecule has 5 nitrogen and oxygen atoms in total. The fraction of sp³-hybridized carbons (Fsp3) is 0.818. The third-order valence-electron chi connectivity index (χ3n) is 3.61. The number of hydrogen-bond donors (Lipinski definition) is 2. The van der Waals surface area contributed by atoms with Gasteiger partial charge >= 0.3 is 5.97 Å². The molecule has 1 amide bonds. The zero-order valence-electron chi connectivity index (χ0n) is 9.90. The van der Waals surface area contributed by atoms with Gasteiger partial charge in [-0.25, -0.2) is 4.79 Å². The first-order chi connectivity index (χ1) is 7.48. The van der Waals surface area contributed by atoms with Crippen molar-refractivity contribution >= 4 is 11.9 Å². The smallest absolute Gasteiger partial charge is 0.326 e. The SMILES string of the molecule is CCC(C(=O)O)N(C)C(=O)C1(CN)CCC1. The normalized spacial score (nSPS) is 19.7. The van der Waals surface area contributed by atoms with E-state index in [-0.39, 0.29) is 5.91 Å². The average molecular weight is 228 g/mol. The van der Waals surface area contributed by atoms with Crippen molar-refractivity contribution in [1.29, 1.82) is 0 Å². The summed E-state index contributed by atoms with van der Waals surface area (Å²) < 4.78 is 0. The van der Waals surface area contributed by atoms with Crippen molar-refractivity contribution < 1.29 is 14.7 Å². The van der Waals surface area contributed by atoms with Gasteiger partial charge in [-0.15, -0.1) is 0 Å². The Kier molecular flexibility index (Phi) is 3.91. The second-order valence-electron chi connectivity index (χ2n) is 4.52. The molecule has 1 atom stereocenters. The van der Waals surface area contributed by atoms with E-state index in [4.69, 9.17) is 10.8 Å². The van der Waals surface area contributed by atoms with E-state index in [0.29, 0.717) is 13.0 Å². The first kappa shape index (κ1) is 13.0. The molecule has 3 N–H and O–H groups in total. The Bertz CT molecular complexity index is 281. The fourth-order valence-corrected chi connectivity index (χ4v) is 2.24. The molecule has 0 aromatic carbocycles. The molecule has 0 aromatic heterocycles. The first-order valence-electron chi connectivity index (χ1n) is 5.68. The fourth-order valence-electron chi connectivity index (χ4n) is 2.24. The Morgan fingerprint density at radius 1 is 1.50 bits per heavy atom. The summed E-state index contributed by atoms with van der Waals surface area (Å²) in [6, 6.07) is -0.739. The molecule has 1 aliphatic carbocycles. The van der Waals surface area contributed by atoms with E-state index in [9.17, 15) is 9.59 Å². The summed E-state index contributed by atoms with van der Waals surface area (Å²) in [5.41, 5.74) is 5.14. The van der Waals surface area contributed by atoms with Crippen LogP contribution in [0.5, 0.6) is 0 Å². The molecule has 16 heavy (non-hydrogen) atoms. The lowest BCUT2D eigenvalue weighted by Crippen LogP contribution is -2.54. The molecule has 1 aliphatic rings. The van der Waals surface area contributed by atoms with Crippen LogP contribution in [0.2, 0.25) is 0 Å². The van der Waals surface area contributed by atoms with Gasteiger partial charge in [0.1, 0.15) is 6.04 Å². The Balaban J connectivity index is 2.76. The van der Waals surface area contributed by atoms with Gasteiger partial charge in [0.2, 0.25) is 5.91 Å². The van der Waals surface area contributed by atoms with Crippen LogP contribution in [0.1, 0.15) is 32.6 Å². The van der Waals surface area contributed by atoms with Gasteiger partial charge in [-0.1, -0.05) is 13.3 Å². The minimum Gasteiger partial charge on any atom is -0.480 e. The van der Waals surface area contributed by atoms with Crippen molar-refractivity contribution in [3.63, 3.8) is 0 Å². The largest absolute Gasteiger partial charge is 0.480 e. The highest BCUT2D eigenvalue weighted by Gasteiger charge is 2.46. The van der Waals surface area contributed by atoms with Gasteiger partial charge in [0, 0.05) is 13.6 Å². The Morgan fingerprint density at radius 3 is 2.31 bits per heavy atom. The number of carboxylic acids is 1. The standard InChI is InChI=1S/C11H20N2O3/c1-3-8(9(14)15)13(2)10(16)11(7-12)5-4-6-11/h8H,3-7,12H2,1-2H3,(H,14,15). The van der Waals surface area contributed by atoms with Crippen LogP contribution in [-0.4, -0.2) is 41.5 Å². The third kappa shape index (κ3) is 2.04. The predicted molar refractivity (Wildman–Crippen MR) is 59.8 cm³/mol. The van der Waals surface area contributed by atoms with E-state index in [2.05, 4.69) is 0 Å². The van der Waals surface area contributed by atoms with Crippen LogP contribution >= 0.6 is 0 Å². The van der Waals surface area contributed by atoms with Crippen LogP contribution in [0.3, 0.4) is 0 Å². The van der Waals surface area contributed by atoms with Gasteiger partial charge < -0.3 is 15.7 Å². The summed E-state index contributed by atoms with van der Waals surface area (Å²) in [6.07, 6.45) is 2.98. The van der Waals surface area contributed by atoms with Gasteiger partial charge in [-0.05, 0) is 19.3 Å². The molecule has 0 spiro atoms. The molecular weight excluding hydrogens is 208 g/mol. The van der Waals surface area contributed by atoms with E-state index in [1.165, 1.54) is 4.90 Å². The number of carbonyl (C=O) groups excluding carboxylic acids is 1. The van der Waals surface area contributed by atoms with Crippen LogP contribution in [0.25, 0.3) is 0 Å². The van der Waals surface area contributed by atoms with Gasteiger partial charge in [-0.3, -0.25) is 4.79 Å². The Morgan fingerprint density at radius 2 is 2.06 bits per heavy atom.